The summed E-state index contributed by atoms with van der Waals surface area (Å²) in [5.74, 6) is -1.34. The number of aromatic nitrogens is 1. The lowest BCUT2D eigenvalue weighted by Gasteiger charge is -2.22. The van der Waals surface area contributed by atoms with Gasteiger partial charge >= 0.3 is 6.18 Å². The molecule has 7 nitrogen and oxygen atoms in total. The molecule has 2 N–H and O–H groups in total. The number of hydrogen-bond donors (Lipinski definition) is 2. The number of nitrogens with zero attached hydrogens (tertiary/aromatic N) is 2. The molecule has 180 valence electrons. The lowest BCUT2D eigenvalue weighted by atomic mass is 10.1. The van der Waals surface area contributed by atoms with E-state index in [4.69, 9.17) is 0 Å². The molecule has 2 rings (SSSR count). The molecule has 1 aromatic carbocycles. The van der Waals surface area contributed by atoms with E-state index in [2.05, 4.69) is 15.6 Å². The van der Waals surface area contributed by atoms with Crippen molar-refractivity contribution >= 4 is 34.8 Å². The van der Waals surface area contributed by atoms with Gasteiger partial charge in [0.1, 0.15) is 17.3 Å². The Morgan fingerprint density at radius 3 is 2.58 bits per heavy atom. The summed E-state index contributed by atoms with van der Waals surface area (Å²) in [6.07, 6.45) is -1.47. The van der Waals surface area contributed by atoms with Gasteiger partial charge in [0.2, 0.25) is 5.91 Å². The Morgan fingerprint density at radius 2 is 2.00 bits per heavy atom. The molecule has 33 heavy (non-hydrogen) atoms. The molecule has 0 fully saturated rings. The minimum atomic E-state index is -4.60. The van der Waals surface area contributed by atoms with Crippen LogP contribution >= 0.6 is 0 Å². The number of carbonyl (C=O) groups excluding carboxylic acids is 1. The van der Waals surface area contributed by atoms with Crippen LogP contribution in [0.4, 0.5) is 29.1 Å². The molecule has 12 heteroatoms. The number of benzene rings is 1. The van der Waals surface area contributed by atoms with Crippen molar-refractivity contribution in [1.29, 1.82) is 0 Å². The Morgan fingerprint density at radius 1 is 1.30 bits per heavy atom. The molecule has 0 aliphatic heterocycles. The second-order valence-corrected chi connectivity index (χ2v) is 8.03. The fraction of sp³-hybridized carbons (Fsp3) is 0.333. The Hall–Kier alpha value is -2.99. The van der Waals surface area contributed by atoms with E-state index in [-0.39, 0.29) is 11.5 Å². The van der Waals surface area contributed by atoms with Crippen LogP contribution in [0.2, 0.25) is 0 Å². The number of halogens is 4. The van der Waals surface area contributed by atoms with Crippen LogP contribution < -0.4 is 14.9 Å². The van der Waals surface area contributed by atoms with Gasteiger partial charge in [-0.1, -0.05) is 13.0 Å². The summed E-state index contributed by atoms with van der Waals surface area (Å²) in [4.78, 5) is 15.9. The van der Waals surface area contributed by atoms with Crippen molar-refractivity contribution in [2.45, 2.75) is 32.5 Å². The maximum atomic E-state index is 14.3. The van der Waals surface area contributed by atoms with Gasteiger partial charge in [0.15, 0.2) is 0 Å². The molecule has 2 aromatic rings. The number of hydrogen-bond acceptors (Lipinski definition) is 5. The maximum Gasteiger partial charge on any atom is 0.433 e. The van der Waals surface area contributed by atoms with Gasteiger partial charge in [-0.2, -0.15) is 13.2 Å². The highest BCUT2D eigenvalue weighted by Gasteiger charge is 2.32. The Kier molecular flexibility index (Phi) is 8.94. The third kappa shape index (κ3) is 7.26. The molecule has 2 unspecified atom stereocenters. The normalized spacial score (nSPS) is 13.6. The van der Waals surface area contributed by atoms with E-state index in [1.807, 2.05) is 6.92 Å². The van der Waals surface area contributed by atoms with Crippen LogP contribution in [-0.2, 0) is 22.2 Å². The summed E-state index contributed by atoms with van der Waals surface area (Å²) in [7, 11) is 1.19. The molecule has 0 bridgehead atoms. The van der Waals surface area contributed by atoms with Crippen molar-refractivity contribution in [3.8, 4) is 0 Å². The summed E-state index contributed by atoms with van der Waals surface area (Å²) in [6, 6.07) is 5.28. The monoisotopic (exact) mass is 487 g/mol. The van der Waals surface area contributed by atoms with Crippen LogP contribution in [0.3, 0.4) is 0 Å². The van der Waals surface area contributed by atoms with E-state index < -0.39 is 40.9 Å². The van der Waals surface area contributed by atoms with Crippen LogP contribution in [-0.4, -0.2) is 33.2 Å². The molecule has 1 heterocycles. The zero-order valence-electron chi connectivity index (χ0n) is 18.1. The first-order chi connectivity index (χ1) is 15.4. The Balaban J connectivity index is 2.14. The number of carbonyl (C=O) groups is 1. The average molecular weight is 487 g/mol. The number of nitrogens with one attached hydrogen (secondary N) is 2. The largest absolute Gasteiger partial charge is 0.755 e. The van der Waals surface area contributed by atoms with Crippen molar-refractivity contribution in [1.82, 2.24) is 10.3 Å². The first-order valence-electron chi connectivity index (χ1n) is 9.87. The van der Waals surface area contributed by atoms with E-state index in [1.165, 1.54) is 31.3 Å². The van der Waals surface area contributed by atoms with Gasteiger partial charge in [-0.15, -0.1) is 0 Å². The van der Waals surface area contributed by atoms with Gasteiger partial charge in [0, 0.05) is 36.5 Å². The first kappa shape index (κ1) is 26.3. The van der Waals surface area contributed by atoms with Crippen molar-refractivity contribution in [2.24, 2.45) is 0 Å². The summed E-state index contributed by atoms with van der Waals surface area (Å²) in [6.45, 7) is 3.84. The quantitative estimate of drug-likeness (QED) is 0.314. The standard InChI is InChI=1S/C21H24F4N4O3S/c1-4-11-26-20-14(6-9-18(28-20)21(23,24)25)7-10-19(30)27-13(2)15-5-8-17(16(22)12-15)29(3)33(31)32/h5-10,12-13H,4,11H2,1-3H3,(H,26,28)(H,27,30)(H,31,32)/p-1. The molecule has 0 aliphatic carbocycles. The second kappa shape index (κ2) is 11.2. The Labute approximate surface area is 191 Å². The smallest absolute Gasteiger partial charge is 0.433 e. The molecule has 0 radical (unpaired) electrons. The van der Waals surface area contributed by atoms with Gasteiger partial charge in [-0.25, -0.2) is 9.37 Å². The average Bonchev–Trinajstić information content (AvgIpc) is 2.75. The topological polar surface area (TPSA) is 97.4 Å². The minimum Gasteiger partial charge on any atom is -0.755 e. The summed E-state index contributed by atoms with van der Waals surface area (Å²) < 4.78 is 75.8. The molecule has 0 saturated carbocycles. The number of anilines is 2. The lowest BCUT2D eigenvalue weighted by molar-refractivity contribution is -0.141. The van der Waals surface area contributed by atoms with Crippen molar-refractivity contribution in [3.05, 3.63) is 59.0 Å². The van der Waals surface area contributed by atoms with Gasteiger partial charge in [-0.05, 0) is 49.2 Å². The zero-order chi connectivity index (χ0) is 24.8. The van der Waals surface area contributed by atoms with Gasteiger partial charge in [0.25, 0.3) is 0 Å². The van der Waals surface area contributed by atoms with E-state index in [0.29, 0.717) is 24.1 Å². The van der Waals surface area contributed by atoms with E-state index in [0.717, 1.165) is 22.5 Å². The van der Waals surface area contributed by atoms with Crippen molar-refractivity contribution in [3.63, 3.8) is 0 Å². The van der Waals surface area contributed by atoms with Crippen LogP contribution in [0, 0.1) is 5.82 Å². The predicted octanol–water partition coefficient (Wildman–Crippen LogP) is 4.18. The van der Waals surface area contributed by atoms with Gasteiger partial charge < -0.3 is 19.5 Å². The predicted molar refractivity (Wildman–Crippen MR) is 117 cm³/mol. The molecule has 1 aromatic heterocycles. The molecule has 0 saturated heterocycles. The SMILES string of the molecule is CCCNc1nc(C(F)(F)F)ccc1C=CC(=O)NC(C)c1ccc(N(C)S(=O)[O-])c(F)c1. The molecule has 1 amide bonds. The number of pyridine rings is 1. The molecule has 0 spiro atoms. The summed E-state index contributed by atoms with van der Waals surface area (Å²) in [5, 5.41) is 5.43. The zero-order valence-corrected chi connectivity index (χ0v) is 18.9. The van der Waals surface area contributed by atoms with E-state index in [1.54, 1.807) is 6.92 Å². The summed E-state index contributed by atoms with van der Waals surface area (Å²) in [5.41, 5.74) is -0.506. The molecule has 2 atom stereocenters. The number of alkyl halides is 3. The minimum absolute atomic E-state index is 0.00122. The van der Waals surface area contributed by atoms with E-state index >= 15 is 0 Å². The highest BCUT2D eigenvalue weighted by atomic mass is 32.2. The van der Waals surface area contributed by atoms with E-state index in [9.17, 15) is 31.1 Å². The third-order valence-electron chi connectivity index (χ3n) is 4.57. The van der Waals surface area contributed by atoms with Gasteiger partial charge in [-0.3, -0.25) is 9.00 Å². The number of rotatable bonds is 9. The maximum absolute atomic E-state index is 14.3. The van der Waals surface area contributed by atoms with Crippen LogP contribution in [0.1, 0.15) is 43.1 Å². The first-order valence-corrected chi connectivity index (χ1v) is 10.9. The Bertz CT molecular complexity index is 1050. The molecule has 0 aliphatic rings. The fourth-order valence-corrected chi connectivity index (χ4v) is 3.09. The fourth-order valence-electron chi connectivity index (χ4n) is 2.79. The van der Waals surface area contributed by atoms with Gasteiger partial charge in [0.05, 0.1) is 11.7 Å². The van der Waals surface area contributed by atoms with Crippen LogP contribution in [0.25, 0.3) is 6.08 Å². The van der Waals surface area contributed by atoms with Crippen LogP contribution in [0.15, 0.2) is 36.4 Å². The lowest BCUT2D eigenvalue weighted by Crippen LogP contribution is -2.25. The third-order valence-corrected chi connectivity index (χ3v) is 5.21. The highest BCUT2D eigenvalue weighted by molar-refractivity contribution is 7.80. The van der Waals surface area contributed by atoms with Crippen LogP contribution in [0.5, 0.6) is 0 Å². The molecular weight excluding hydrogens is 464 g/mol. The van der Waals surface area contributed by atoms with Crippen molar-refractivity contribution < 1.29 is 31.1 Å². The molecular formula is C21H23F4N4O3S-. The van der Waals surface area contributed by atoms with Crippen molar-refractivity contribution in [2.75, 3.05) is 23.2 Å². The number of amides is 1. The summed E-state index contributed by atoms with van der Waals surface area (Å²) >= 11 is -2.64. The highest BCUT2D eigenvalue weighted by Crippen LogP contribution is 2.30. The second-order valence-electron chi connectivity index (χ2n) is 7.05.